The van der Waals surface area contributed by atoms with Crippen molar-refractivity contribution in [1.29, 1.82) is 0 Å². The molecular weight excluding hydrogens is 442 g/mol. The van der Waals surface area contributed by atoms with Gasteiger partial charge in [0.15, 0.2) is 0 Å². The van der Waals surface area contributed by atoms with Crippen molar-refractivity contribution >= 4 is 29.0 Å². The fraction of sp³-hybridized carbons (Fsp3) is 0.100. The molecule has 3 rings (SSSR count). The van der Waals surface area contributed by atoms with Crippen LogP contribution in [0.3, 0.4) is 0 Å². The van der Waals surface area contributed by atoms with Crippen LogP contribution in [0.2, 0.25) is 5.02 Å². The molecule has 2 amide bonds. The van der Waals surface area contributed by atoms with Gasteiger partial charge in [0.2, 0.25) is 11.9 Å². The number of halogens is 5. The Bertz CT molecular complexity index is 1140. The number of carbonyl (C=O) groups excluding carboxylic acids is 1. The van der Waals surface area contributed by atoms with Gasteiger partial charge in [-0.3, -0.25) is 5.21 Å². The van der Waals surface area contributed by atoms with E-state index in [1.807, 2.05) is 0 Å². The number of rotatable bonds is 4. The summed E-state index contributed by atoms with van der Waals surface area (Å²) in [5.41, 5.74) is -1.01. The van der Waals surface area contributed by atoms with Gasteiger partial charge in [-0.15, -0.1) is 0 Å². The predicted octanol–water partition coefficient (Wildman–Crippen LogP) is 5.77. The highest BCUT2D eigenvalue weighted by molar-refractivity contribution is 6.31. The van der Waals surface area contributed by atoms with Gasteiger partial charge in [0.05, 0.1) is 22.3 Å². The number of benzene rings is 2. The maximum absolute atomic E-state index is 14.3. The summed E-state index contributed by atoms with van der Waals surface area (Å²) in [5, 5.41) is 13.3. The molecule has 1 heterocycles. The zero-order valence-electron chi connectivity index (χ0n) is 15.8. The maximum Gasteiger partial charge on any atom is 0.417 e. The summed E-state index contributed by atoms with van der Waals surface area (Å²) < 4.78 is 59.5. The molecule has 1 aromatic heterocycles. The van der Waals surface area contributed by atoms with Gasteiger partial charge in [-0.1, -0.05) is 11.6 Å². The van der Waals surface area contributed by atoms with E-state index >= 15 is 0 Å². The van der Waals surface area contributed by atoms with Crippen molar-refractivity contribution in [2.24, 2.45) is 0 Å². The van der Waals surface area contributed by atoms with E-state index in [-0.39, 0.29) is 17.1 Å². The Labute approximate surface area is 178 Å². The summed E-state index contributed by atoms with van der Waals surface area (Å²) in [6.07, 6.45) is -3.34. The molecule has 3 N–H and O–H groups in total. The molecule has 0 spiro atoms. The Morgan fingerprint density at radius 1 is 1.06 bits per heavy atom. The van der Waals surface area contributed by atoms with Crippen LogP contribution in [-0.4, -0.2) is 11.2 Å². The monoisotopic (exact) mass is 456 g/mol. The number of urea groups is 1. The summed E-state index contributed by atoms with van der Waals surface area (Å²) in [6.45, 7) is 1.64. The number of nitrogens with zero attached hydrogens (tertiary/aromatic N) is 1. The van der Waals surface area contributed by atoms with E-state index in [2.05, 4.69) is 10.6 Å². The minimum atomic E-state index is -4.69. The summed E-state index contributed by atoms with van der Waals surface area (Å²) in [6, 6.07) is 8.54. The smallest absolute Gasteiger partial charge is 0.417 e. The van der Waals surface area contributed by atoms with Crippen molar-refractivity contribution in [2.45, 2.75) is 13.1 Å². The first-order chi connectivity index (χ1) is 14.5. The molecule has 0 unspecified atom stereocenters. The van der Waals surface area contributed by atoms with Gasteiger partial charge in [-0.2, -0.15) is 13.2 Å². The second-order valence-corrected chi connectivity index (χ2v) is 6.77. The second-order valence-electron chi connectivity index (χ2n) is 6.36. The van der Waals surface area contributed by atoms with Crippen molar-refractivity contribution in [1.82, 2.24) is 0 Å². The molecule has 0 radical (unpaired) electrons. The summed E-state index contributed by atoms with van der Waals surface area (Å²) in [7, 11) is 0. The van der Waals surface area contributed by atoms with Crippen molar-refractivity contribution in [2.75, 3.05) is 10.6 Å². The van der Waals surface area contributed by atoms with Gasteiger partial charge < -0.3 is 15.4 Å². The van der Waals surface area contributed by atoms with E-state index < -0.39 is 28.6 Å². The molecule has 162 valence electrons. The van der Waals surface area contributed by atoms with Crippen LogP contribution in [0.25, 0.3) is 0 Å². The highest BCUT2D eigenvalue weighted by atomic mass is 35.5. The van der Waals surface area contributed by atoms with Crippen molar-refractivity contribution in [3.05, 3.63) is 76.8 Å². The largest absolute Gasteiger partial charge is 0.457 e. The SMILES string of the molecule is Cc1cc(Oc2ccc(NC(=O)Nc3ccc(Cl)c(C(F)(F)F)c3)c(F)c2)cc[n+]1O. The Balaban J connectivity index is 1.69. The third-order valence-corrected chi connectivity index (χ3v) is 4.38. The molecule has 0 fully saturated rings. The first kappa shape index (κ1) is 22.2. The number of aromatic nitrogens is 1. The Morgan fingerprint density at radius 2 is 1.77 bits per heavy atom. The van der Waals surface area contributed by atoms with Crippen LogP contribution >= 0.6 is 11.6 Å². The summed E-state index contributed by atoms with van der Waals surface area (Å²) in [4.78, 5) is 12.1. The van der Waals surface area contributed by atoms with Crippen LogP contribution in [0.1, 0.15) is 11.3 Å². The third-order valence-electron chi connectivity index (χ3n) is 4.05. The van der Waals surface area contributed by atoms with Crippen LogP contribution in [0, 0.1) is 12.7 Å². The number of aryl methyl sites for hydroxylation is 1. The zero-order chi connectivity index (χ0) is 22.8. The third kappa shape index (κ3) is 5.54. The number of ether oxygens (including phenoxy) is 1. The molecule has 3 aromatic rings. The molecule has 0 aliphatic heterocycles. The number of alkyl halides is 3. The van der Waals surface area contributed by atoms with E-state index in [0.717, 1.165) is 16.9 Å². The number of pyridine rings is 1. The highest BCUT2D eigenvalue weighted by Crippen LogP contribution is 2.36. The average molecular weight is 457 g/mol. The van der Waals surface area contributed by atoms with E-state index in [1.165, 1.54) is 36.5 Å². The Kier molecular flexibility index (Phi) is 6.21. The molecular formula is C20H15ClF4N3O3+. The van der Waals surface area contributed by atoms with Crippen LogP contribution in [-0.2, 0) is 6.18 Å². The average Bonchev–Trinajstić information content (AvgIpc) is 2.67. The van der Waals surface area contributed by atoms with Gasteiger partial charge in [0, 0.05) is 29.5 Å². The standard InChI is InChI=1S/C20H14ClF4N3O3/c1-11-8-14(6-7-28(11)30)31-13-3-5-18(17(22)10-13)27-19(29)26-12-2-4-16(21)15(9-12)20(23,24)25/h2-10H,1H3,(H2-,26,27,29,30)/p+1. The molecule has 31 heavy (non-hydrogen) atoms. The first-order valence-corrected chi connectivity index (χ1v) is 9.04. The van der Waals surface area contributed by atoms with Crippen molar-refractivity contribution in [3.63, 3.8) is 0 Å². The number of hydrogen-bond donors (Lipinski definition) is 3. The van der Waals surface area contributed by atoms with Gasteiger partial charge in [-0.05, 0) is 30.3 Å². The molecule has 0 bridgehead atoms. The molecule has 11 heteroatoms. The number of nitrogens with one attached hydrogen (secondary N) is 2. The predicted molar refractivity (Wildman–Crippen MR) is 104 cm³/mol. The van der Waals surface area contributed by atoms with Crippen molar-refractivity contribution < 1.29 is 37.0 Å². The van der Waals surface area contributed by atoms with E-state index in [1.54, 1.807) is 6.92 Å². The topological polar surface area (TPSA) is 74.5 Å². The summed E-state index contributed by atoms with van der Waals surface area (Å²) in [5.74, 6) is -0.348. The fourth-order valence-electron chi connectivity index (χ4n) is 2.55. The molecule has 2 aromatic carbocycles. The van der Waals surface area contributed by atoms with Crippen molar-refractivity contribution in [3.8, 4) is 11.5 Å². The van der Waals surface area contributed by atoms with E-state index in [9.17, 15) is 27.6 Å². The lowest BCUT2D eigenvalue weighted by Gasteiger charge is -2.13. The van der Waals surface area contributed by atoms with Crippen LogP contribution < -0.4 is 20.1 Å². The number of carbonyl (C=O) groups is 1. The minimum Gasteiger partial charge on any atom is -0.457 e. The second kappa shape index (κ2) is 8.68. The quantitative estimate of drug-likeness (QED) is 0.265. The first-order valence-electron chi connectivity index (χ1n) is 8.66. The lowest BCUT2D eigenvalue weighted by atomic mass is 10.2. The summed E-state index contributed by atoms with van der Waals surface area (Å²) >= 11 is 5.53. The van der Waals surface area contributed by atoms with Crippen LogP contribution in [0.4, 0.5) is 33.7 Å². The normalized spacial score (nSPS) is 11.2. The molecule has 0 saturated heterocycles. The van der Waals surface area contributed by atoms with Crippen LogP contribution in [0.5, 0.6) is 11.5 Å². The Hall–Kier alpha value is -3.53. The Morgan fingerprint density at radius 3 is 2.42 bits per heavy atom. The minimum absolute atomic E-state index is 0.131. The van der Waals surface area contributed by atoms with Gasteiger partial charge in [-0.25, -0.2) is 9.18 Å². The van der Waals surface area contributed by atoms with Gasteiger partial charge in [0.1, 0.15) is 17.3 Å². The molecule has 0 aliphatic carbocycles. The lowest BCUT2D eigenvalue weighted by Crippen LogP contribution is -2.32. The molecule has 0 aliphatic rings. The van der Waals surface area contributed by atoms with Gasteiger partial charge >= 0.3 is 12.2 Å². The molecule has 0 saturated carbocycles. The molecule has 6 nitrogen and oxygen atoms in total. The number of hydrogen-bond acceptors (Lipinski definition) is 3. The van der Waals surface area contributed by atoms with Gasteiger partial charge in [0.25, 0.3) is 0 Å². The van der Waals surface area contributed by atoms with Crippen LogP contribution in [0.15, 0.2) is 54.7 Å². The molecule has 0 atom stereocenters. The van der Waals surface area contributed by atoms with E-state index in [0.29, 0.717) is 17.5 Å². The highest BCUT2D eigenvalue weighted by Gasteiger charge is 2.33. The maximum atomic E-state index is 14.3. The number of amides is 2. The number of anilines is 2. The fourth-order valence-corrected chi connectivity index (χ4v) is 2.77. The zero-order valence-corrected chi connectivity index (χ0v) is 16.6. The lowest BCUT2D eigenvalue weighted by molar-refractivity contribution is -0.908. The van der Waals surface area contributed by atoms with E-state index in [4.69, 9.17) is 16.3 Å².